The summed E-state index contributed by atoms with van der Waals surface area (Å²) < 4.78 is 15.8. The van der Waals surface area contributed by atoms with Crippen LogP contribution in [0.5, 0.6) is 17.2 Å². The maximum absolute atomic E-state index is 9.18. The Kier molecular flexibility index (Phi) is 5.74. The Morgan fingerprint density at radius 2 is 1.67 bits per heavy atom. The molecule has 0 radical (unpaired) electrons. The van der Waals surface area contributed by atoms with Crippen LogP contribution in [0.4, 0.5) is 0 Å². The van der Waals surface area contributed by atoms with E-state index in [-0.39, 0.29) is 6.10 Å². The lowest BCUT2D eigenvalue weighted by atomic mass is 10.1. The Morgan fingerprint density at radius 1 is 1.11 bits per heavy atom. The zero-order valence-electron chi connectivity index (χ0n) is 11.3. The minimum absolute atomic E-state index is 0.368. The minimum Gasteiger partial charge on any atom is -0.493 e. The van der Waals surface area contributed by atoms with Crippen molar-refractivity contribution >= 4 is 0 Å². The summed E-state index contributed by atoms with van der Waals surface area (Å²) in [6.45, 7) is 2.90. The quantitative estimate of drug-likeness (QED) is 0.766. The van der Waals surface area contributed by atoms with Crippen LogP contribution in [0, 0.1) is 0 Å². The average molecular weight is 255 g/mol. The third kappa shape index (κ3) is 3.78. The summed E-state index contributed by atoms with van der Waals surface area (Å²) in [6.07, 6.45) is -0.368. The number of hydrogen-bond acceptors (Lipinski definition) is 5. The number of ether oxygens (including phenoxy) is 3. The van der Waals surface area contributed by atoms with Crippen molar-refractivity contribution in [1.82, 2.24) is 5.32 Å². The van der Waals surface area contributed by atoms with Crippen LogP contribution >= 0.6 is 0 Å². The summed E-state index contributed by atoms with van der Waals surface area (Å²) in [5.74, 6) is 1.84. The van der Waals surface area contributed by atoms with E-state index in [0.717, 1.165) is 5.56 Å². The molecule has 1 aromatic carbocycles. The van der Waals surface area contributed by atoms with Gasteiger partial charge in [-0.25, -0.2) is 0 Å². The highest BCUT2D eigenvalue weighted by atomic mass is 16.5. The molecule has 18 heavy (non-hydrogen) atoms. The molecule has 102 valence electrons. The van der Waals surface area contributed by atoms with E-state index < -0.39 is 0 Å². The van der Waals surface area contributed by atoms with E-state index in [1.807, 2.05) is 12.1 Å². The first-order valence-electron chi connectivity index (χ1n) is 5.80. The van der Waals surface area contributed by atoms with Gasteiger partial charge in [-0.1, -0.05) is 0 Å². The zero-order valence-corrected chi connectivity index (χ0v) is 11.3. The Balaban J connectivity index is 2.86. The molecular formula is C13H21NO4. The molecule has 1 atom stereocenters. The Bertz CT molecular complexity index is 354. The first-order valence-corrected chi connectivity index (χ1v) is 5.80. The molecule has 1 rings (SSSR count). The van der Waals surface area contributed by atoms with Crippen molar-refractivity contribution in [2.24, 2.45) is 0 Å². The molecule has 5 nitrogen and oxygen atoms in total. The monoisotopic (exact) mass is 255 g/mol. The summed E-state index contributed by atoms with van der Waals surface area (Å²) in [6, 6.07) is 3.77. The molecule has 0 aliphatic carbocycles. The highest BCUT2D eigenvalue weighted by Crippen LogP contribution is 2.38. The van der Waals surface area contributed by atoms with Crippen LogP contribution in [0.1, 0.15) is 12.5 Å². The lowest BCUT2D eigenvalue weighted by molar-refractivity contribution is 0.191. The molecule has 0 heterocycles. The summed E-state index contributed by atoms with van der Waals surface area (Å²) in [5, 5.41) is 12.3. The highest BCUT2D eigenvalue weighted by Gasteiger charge is 2.12. The molecule has 2 N–H and O–H groups in total. The fourth-order valence-corrected chi connectivity index (χ4v) is 1.66. The maximum atomic E-state index is 9.18. The second kappa shape index (κ2) is 7.08. The SMILES string of the molecule is COc1cc(CNC[C@@H](C)O)cc(OC)c1OC. The minimum atomic E-state index is -0.368. The van der Waals surface area contributed by atoms with Gasteiger partial charge in [0.2, 0.25) is 5.75 Å². The third-order valence-electron chi connectivity index (χ3n) is 2.49. The van der Waals surface area contributed by atoms with Crippen molar-refractivity contribution in [1.29, 1.82) is 0 Å². The summed E-state index contributed by atoms with van der Waals surface area (Å²) in [4.78, 5) is 0. The van der Waals surface area contributed by atoms with E-state index in [9.17, 15) is 5.11 Å². The van der Waals surface area contributed by atoms with Gasteiger partial charge in [0.05, 0.1) is 27.4 Å². The lowest BCUT2D eigenvalue weighted by Gasteiger charge is -2.14. The predicted molar refractivity (Wildman–Crippen MR) is 69.5 cm³/mol. The number of rotatable bonds is 7. The van der Waals surface area contributed by atoms with E-state index >= 15 is 0 Å². The van der Waals surface area contributed by atoms with Gasteiger partial charge < -0.3 is 24.6 Å². The summed E-state index contributed by atoms with van der Waals surface area (Å²) in [7, 11) is 4.75. The molecule has 0 bridgehead atoms. The van der Waals surface area contributed by atoms with Crippen LogP contribution in [0.2, 0.25) is 0 Å². The van der Waals surface area contributed by atoms with Crippen molar-refractivity contribution < 1.29 is 19.3 Å². The van der Waals surface area contributed by atoms with Gasteiger partial charge in [-0.3, -0.25) is 0 Å². The van der Waals surface area contributed by atoms with Gasteiger partial charge in [-0.05, 0) is 24.6 Å². The first kappa shape index (κ1) is 14.6. The fraction of sp³-hybridized carbons (Fsp3) is 0.538. The average Bonchev–Trinajstić information content (AvgIpc) is 2.36. The molecule has 0 unspecified atom stereocenters. The zero-order chi connectivity index (χ0) is 13.5. The van der Waals surface area contributed by atoms with Crippen molar-refractivity contribution in [2.75, 3.05) is 27.9 Å². The maximum Gasteiger partial charge on any atom is 0.203 e. The molecular weight excluding hydrogens is 234 g/mol. The molecule has 0 aromatic heterocycles. The number of aliphatic hydroxyl groups excluding tert-OH is 1. The van der Waals surface area contributed by atoms with E-state index in [1.165, 1.54) is 0 Å². The van der Waals surface area contributed by atoms with Crippen LogP contribution in [-0.2, 0) is 6.54 Å². The van der Waals surface area contributed by atoms with Gasteiger partial charge in [-0.2, -0.15) is 0 Å². The molecule has 1 aromatic rings. The van der Waals surface area contributed by atoms with Crippen LogP contribution in [0.15, 0.2) is 12.1 Å². The number of hydrogen-bond donors (Lipinski definition) is 2. The van der Waals surface area contributed by atoms with Crippen molar-refractivity contribution in [3.05, 3.63) is 17.7 Å². The second-order valence-electron chi connectivity index (χ2n) is 4.01. The predicted octanol–water partition coefficient (Wildman–Crippen LogP) is 1.18. The molecule has 0 aliphatic heterocycles. The fourth-order valence-electron chi connectivity index (χ4n) is 1.66. The molecule has 0 fully saturated rings. The Morgan fingerprint density at radius 3 is 2.06 bits per heavy atom. The molecule has 0 spiro atoms. The van der Waals surface area contributed by atoms with Crippen LogP contribution in [0.3, 0.4) is 0 Å². The number of methoxy groups -OCH3 is 3. The van der Waals surface area contributed by atoms with Gasteiger partial charge in [0.25, 0.3) is 0 Å². The van der Waals surface area contributed by atoms with Gasteiger partial charge in [0.15, 0.2) is 11.5 Å². The smallest absolute Gasteiger partial charge is 0.203 e. The van der Waals surface area contributed by atoms with Crippen LogP contribution in [0.25, 0.3) is 0 Å². The van der Waals surface area contributed by atoms with Crippen molar-refractivity contribution in [2.45, 2.75) is 19.6 Å². The number of aliphatic hydroxyl groups is 1. The van der Waals surface area contributed by atoms with Crippen LogP contribution < -0.4 is 19.5 Å². The third-order valence-corrected chi connectivity index (χ3v) is 2.49. The normalized spacial score (nSPS) is 12.1. The molecule has 5 heteroatoms. The Labute approximate surface area is 108 Å². The largest absolute Gasteiger partial charge is 0.493 e. The number of benzene rings is 1. The topological polar surface area (TPSA) is 60.0 Å². The van der Waals surface area contributed by atoms with E-state index in [4.69, 9.17) is 14.2 Å². The second-order valence-corrected chi connectivity index (χ2v) is 4.01. The summed E-state index contributed by atoms with van der Waals surface area (Å²) in [5.41, 5.74) is 1.00. The molecule has 0 saturated carbocycles. The lowest BCUT2D eigenvalue weighted by Crippen LogP contribution is -2.23. The molecule has 0 aliphatic rings. The van der Waals surface area contributed by atoms with Crippen molar-refractivity contribution in [3.63, 3.8) is 0 Å². The van der Waals surface area contributed by atoms with Gasteiger partial charge in [0, 0.05) is 13.1 Å². The van der Waals surface area contributed by atoms with E-state index in [2.05, 4.69) is 5.32 Å². The van der Waals surface area contributed by atoms with Crippen molar-refractivity contribution in [3.8, 4) is 17.2 Å². The van der Waals surface area contributed by atoms with Gasteiger partial charge in [-0.15, -0.1) is 0 Å². The standard InChI is InChI=1S/C13H21NO4/c1-9(15)7-14-8-10-5-11(16-2)13(18-4)12(6-10)17-3/h5-6,9,14-15H,7-8H2,1-4H3/t9-/m1/s1. The first-order chi connectivity index (χ1) is 8.62. The molecule has 0 amide bonds. The van der Waals surface area contributed by atoms with Crippen LogP contribution in [-0.4, -0.2) is 39.1 Å². The number of nitrogens with one attached hydrogen (secondary N) is 1. The summed E-state index contributed by atoms with van der Waals surface area (Å²) >= 11 is 0. The van der Waals surface area contributed by atoms with Gasteiger partial charge >= 0.3 is 0 Å². The highest BCUT2D eigenvalue weighted by molar-refractivity contribution is 5.53. The van der Waals surface area contributed by atoms with Gasteiger partial charge in [0.1, 0.15) is 0 Å². The molecule has 0 saturated heterocycles. The van der Waals surface area contributed by atoms with E-state index in [1.54, 1.807) is 28.3 Å². The Hall–Kier alpha value is -1.46. The van der Waals surface area contributed by atoms with E-state index in [0.29, 0.717) is 30.3 Å².